The first-order valence-electron chi connectivity index (χ1n) is 8.79. The Morgan fingerprint density at radius 3 is 2.59 bits per heavy atom. The Labute approximate surface area is 162 Å². The van der Waals surface area contributed by atoms with E-state index in [2.05, 4.69) is 11.1 Å². The molecule has 0 radical (unpaired) electrons. The van der Waals surface area contributed by atoms with Gasteiger partial charge in [0, 0.05) is 28.2 Å². The minimum atomic E-state index is -0.909. The van der Waals surface area contributed by atoms with Crippen LogP contribution in [0.15, 0.2) is 59.8 Å². The first-order chi connectivity index (χ1) is 13.0. The lowest BCUT2D eigenvalue weighted by Crippen LogP contribution is -2.31. The lowest BCUT2D eigenvalue weighted by atomic mass is 9.96. The number of nitrogens with zero attached hydrogens (tertiary/aromatic N) is 2. The molecule has 4 nitrogen and oxygen atoms in total. The Kier molecular flexibility index (Phi) is 5.48. The Bertz CT molecular complexity index is 1040. The highest BCUT2D eigenvalue weighted by Gasteiger charge is 2.34. The fourth-order valence-corrected chi connectivity index (χ4v) is 4.51. The van der Waals surface area contributed by atoms with Crippen molar-refractivity contribution < 1.29 is 9.90 Å². The number of rotatable bonds is 6. The second kappa shape index (κ2) is 7.81. The van der Waals surface area contributed by atoms with Crippen LogP contribution in [0.4, 0.5) is 0 Å². The van der Waals surface area contributed by atoms with E-state index < -0.39 is 10.7 Å². The van der Waals surface area contributed by atoms with E-state index in [-0.39, 0.29) is 0 Å². The number of nitriles is 1. The number of carboxylic acids is 1. The second-order valence-electron chi connectivity index (χ2n) is 6.58. The zero-order valence-electron chi connectivity index (χ0n) is 15.3. The van der Waals surface area contributed by atoms with Gasteiger partial charge >= 0.3 is 5.97 Å². The molecule has 27 heavy (non-hydrogen) atoms. The molecule has 0 saturated heterocycles. The number of pyridine rings is 1. The van der Waals surface area contributed by atoms with Crippen LogP contribution in [-0.2, 0) is 4.79 Å². The van der Waals surface area contributed by atoms with Crippen LogP contribution in [0.3, 0.4) is 0 Å². The highest BCUT2D eigenvalue weighted by atomic mass is 32.2. The van der Waals surface area contributed by atoms with Crippen molar-refractivity contribution in [2.75, 3.05) is 0 Å². The van der Waals surface area contributed by atoms with Crippen LogP contribution in [0.2, 0.25) is 0 Å². The monoisotopic (exact) mass is 376 g/mol. The average Bonchev–Trinajstić information content (AvgIpc) is 2.68. The Morgan fingerprint density at radius 1 is 1.19 bits per heavy atom. The quantitative estimate of drug-likeness (QED) is 0.574. The lowest BCUT2D eigenvalue weighted by molar-refractivity contribution is -0.139. The van der Waals surface area contributed by atoms with Gasteiger partial charge in [-0.1, -0.05) is 43.7 Å². The Morgan fingerprint density at radius 2 is 1.93 bits per heavy atom. The highest BCUT2D eigenvalue weighted by Crippen LogP contribution is 2.42. The van der Waals surface area contributed by atoms with Gasteiger partial charge in [-0.25, -0.2) is 0 Å². The molecule has 0 saturated carbocycles. The van der Waals surface area contributed by atoms with Crippen molar-refractivity contribution in [3.05, 3.63) is 60.4 Å². The summed E-state index contributed by atoms with van der Waals surface area (Å²) in [5.74, 6) is -0.818. The molecule has 0 aliphatic carbocycles. The number of hydrogen-bond donors (Lipinski definition) is 1. The molecule has 1 N–H and O–H groups in total. The molecule has 0 aliphatic heterocycles. The summed E-state index contributed by atoms with van der Waals surface area (Å²) in [6.07, 6.45) is 4.81. The van der Waals surface area contributed by atoms with Crippen molar-refractivity contribution in [1.82, 2.24) is 4.98 Å². The van der Waals surface area contributed by atoms with Crippen molar-refractivity contribution in [2.24, 2.45) is 0 Å². The number of aliphatic carboxylic acids is 1. The van der Waals surface area contributed by atoms with Gasteiger partial charge in [-0.3, -0.25) is 9.78 Å². The zero-order chi connectivity index (χ0) is 19.4. The van der Waals surface area contributed by atoms with Crippen molar-refractivity contribution in [3.63, 3.8) is 0 Å². The molecule has 5 heteroatoms. The van der Waals surface area contributed by atoms with Gasteiger partial charge in [-0.15, -0.1) is 11.8 Å². The van der Waals surface area contributed by atoms with Gasteiger partial charge in [-0.05, 0) is 36.4 Å². The summed E-state index contributed by atoms with van der Waals surface area (Å²) in [5, 5.41) is 21.0. The van der Waals surface area contributed by atoms with Crippen LogP contribution in [0.25, 0.3) is 21.9 Å². The van der Waals surface area contributed by atoms with Gasteiger partial charge in [0.25, 0.3) is 0 Å². The number of aromatic nitrogens is 1. The minimum Gasteiger partial charge on any atom is -0.480 e. The number of thioether (sulfide) groups is 1. The number of fused-ring (bicyclic) bond motifs is 1. The molecule has 0 amide bonds. The van der Waals surface area contributed by atoms with Crippen LogP contribution in [0, 0.1) is 11.3 Å². The molecule has 1 atom stereocenters. The van der Waals surface area contributed by atoms with Crippen LogP contribution >= 0.6 is 11.8 Å². The van der Waals surface area contributed by atoms with Gasteiger partial charge in [0.05, 0.1) is 11.6 Å². The first-order valence-corrected chi connectivity index (χ1v) is 9.60. The summed E-state index contributed by atoms with van der Waals surface area (Å²) < 4.78 is -0.909. The maximum Gasteiger partial charge on any atom is 0.319 e. The van der Waals surface area contributed by atoms with Crippen molar-refractivity contribution in [2.45, 2.75) is 36.3 Å². The molecule has 3 aromatic rings. The van der Waals surface area contributed by atoms with Gasteiger partial charge < -0.3 is 5.11 Å². The van der Waals surface area contributed by atoms with E-state index in [0.29, 0.717) is 12.0 Å². The van der Waals surface area contributed by atoms with E-state index in [4.69, 9.17) is 0 Å². The Hall–Kier alpha value is -2.84. The SMILES string of the molecule is CCCC(C)(Sc1ccncc1-c1ccc(C#N)c2ccccc12)C(=O)O. The molecular formula is C22H20N2O2S. The molecule has 1 unspecified atom stereocenters. The second-order valence-corrected chi connectivity index (χ2v) is 8.12. The normalized spacial score (nSPS) is 13.1. The number of carbonyl (C=O) groups is 1. The molecule has 2 aromatic carbocycles. The van der Waals surface area contributed by atoms with Crippen LogP contribution in [-0.4, -0.2) is 20.8 Å². The van der Waals surface area contributed by atoms with Gasteiger partial charge in [0.2, 0.25) is 0 Å². The standard InChI is InChI=1S/C22H20N2O2S/c1-3-11-22(2,21(25)26)27-20-10-12-24-14-19(20)18-9-8-15(13-23)16-6-4-5-7-17(16)18/h4-10,12,14H,3,11H2,1-2H3,(H,25,26). The summed E-state index contributed by atoms with van der Waals surface area (Å²) >= 11 is 1.36. The molecule has 3 rings (SSSR count). The fraction of sp³-hybridized carbons (Fsp3) is 0.227. The molecule has 1 aromatic heterocycles. The van der Waals surface area contributed by atoms with E-state index >= 15 is 0 Å². The van der Waals surface area contributed by atoms with E-state index in [9.17, 15) is 15.2 Å². The first kappa shape index (κ1) is 18.9. The van der Waals surface area contributed by atoms with Gasteiger partial charge in [0.1, 0.15) is 4.75 Å². The average molecular weight is 376 g/mol. The predicted molar refractivity (Wildman–Crippen MR) is 109 cm³/mol. The number of hydrogen-bond acceptors (Lipinski definition) is 4. The summed E-state index contributed by atoms with van der Waals surface area (Å²) in [6.45, 7) is 3.76. The molecule has 0 aliphatic rings. The van der Waals surface area contributed by atoms with E-state index in [1.165, 1.54) is 11.8 Å². The van der Waals surface area contributed by atoms with Crippen LogP contribution in [0.5, 0.6) is 0 Å². The fourth-order valence-electron chi connectivity index (χ4n) is 3.23. The summed E-state index contributed by atoms with van der Waals surface area (Å²) in [4.78, 5) is 17.0. The molecule has 1 heterocycles. The third-order valence-corrected chi connectivity index (χ3v) is 6.04. The number of carboxylic acid groups (broad SMARTS) is 1. The van der Waals surface area contributed by atoms with Crippen molar-refractivity contribution in [3.8, 4) is 17.2 Å². The molecule has 136 valence electrons. The molecular weight excluding hydrogens is 356 g/mol. The predicted octanol–water partition coefficient (Wildman–Crippen LogP) is 5.51. The summed E-state index contributed by atoms with van der Waals surface area (Å²) in [7, 11) is 0. The Balaban J connectivity index is 2.17. The van der Waals surface area contributed by atoms with Crippen molar-refractivity contribution in [1.29, 1.82) is 5.26 Å². The minimum absolute atomic E-state index is 0.572. The van der Waals surface area contributed by atoms with Gasteiger partial charge in [-0.2, -0.15) is 5.26 Å². The summed E-state index contributed by atoms with van der Waals surface area (Å²) in [6, 6.07) is 15.6. The number of benzene rings is 2. The lowest BCUT2D eigenvalue weighted by Gasteiger charge is -2.25. The highest BCUT2D eigenvalue weighted by molar-refractivity contribution is 8.01. The molecule has 0 fully saturated rings. The third-order valence-electron chi connectivity index (χ3n) is 4.63. The van der Waals surface area contributed by atoms with Gasteiger partial charge in [0.15, 0.2) is 0 Å². The smallest absolute Gasteiger partial charge is 0.319 e. The molecule has 0 bridgehead atoms. The van der Waals surface area contributed by atoms with Crippen molar-refractivity contribution >= 4 is 28.5 Å². The summed E-state index contributed by atoms with van der Waals surface area (Å²) in [5.41, 5.74) is 2.45. The maximum absolute atomic E-state index is 11.9. The largest absolute Gasteiger partial charge is 0.480 e. The van der Waals surface area contributed by atoms with E-state index in [0.717, 1.165) is 33.2 Å². The van der Waals surface area contributed by atoms with Crippen LogP contribution < -0.4 is 0 Å². The van der Waals surface area contributed by atoms with Crippen LogP contribution in [0.1, 0.15) is 32.3 Å². The molecule has 0 spiro atoms. The topological polar surface area (TPSA) is 74.0 Å². The zero-order valence-corrected chi connectivity index (χ0v) is 16.1. The third kappa shape index (κ3) is 3.67. The maximum atomic E-state index is 11.9. The van der Waals surface area contributed by atoms with E-state index in [1.54, 1.807) is 19.3 Å². The van der Waals surface area contributed by atoms with E-state index in [1.807, 2.05) is 49.4 Å².